The van der Waals surface area contributed by atoms with E-state index in [1.165, 1.54) is 26.2 Å². The Balaban J connectivity index is 3.15. The van der Waals surface area contributed by atoms with Crippen molar-refractivity contribution in [3.63, 3.8) is 0 Å². The molecule has 9 heteroatoms. The zero-order valence-electron chi connectivity index (χ0n) is 9.89. The van der Waals surface area contributed by atoms with Gasteiger partial charge in [-0.05, 0) is 5.56 Å². The van der Waals surface area contributed by atoms with Crippen molar-refractivity contribution in [2.45, 2.75) is 5.78 Å². The second kappa shape index (κ2) is 5.48. The van der Waals surface area contributed by atoms with Crippen LogP contribution in [0.4, 0.5) is 0 Å². The summed E-state index contributed by atoms with van der Waals surface area (Å²) in [6.45, 7) is 0. The molecule has 0 aromatic heterocycles. The molecule has 0 aliphatic rings. The Morgan fingerprint density at radius 3 is 2.11 bits per heavy atom. The fourth-order valence-corrected chi connectivity index (χ4v) is 3.35. The normalized spacial score (nSPS) is 14.7. The van der Waals surface area contributed by atoms with Crippen LogP contribution in [0.3, 0.4) is 0 Å². The van der Waals surface area contributed by atoms with E-state index in [1.807, 2.05) is 4.72 Å². The molecule has 1 aromatic carbocycles. The van der Waals surface area contributed by atoms with Gasteiger partial charge in [0.15, 0.2) is 0 Å². The van der Waals surface area contributed by atoms with E-state index in [9.17, 15) is 22.8 Å². The second-order valence-electron chi connectivity index (χ2n) is 3.81. The van der Waals surface area contributed by atoms with Crippen molar-refractivity contribution in [2.24, 2.45) is 0 Å². The van der Waals surface area contributed by atoms with E-state index in [0.717, 1.165) is 4.31 Å². The summed E-state index contributed by atoms with van der Waals surface area (Å²) in [5.74, 6) is -1.59. The Kier molecular flexibility index (Phi) is 4.66. The van der Waals surface area contributed by atoms with Crippen molar-refractivity contribution in [2.75, 3.05) is 14.1 Å². The highest BCUT2D eigenvalue weighted by molar-refractivity contribution is 7.87. The summed E-state index contributed by atoms with van der Waals surface area (Å²) in [5.41, 5.74) is 0.205. The monoisotopic (exact) mass is 294 g/mol. The van der Waals surface area contributed by atoms with Crippen molar-refractivity contribution < 1.29 is 22.8 Å². The third-order valence-corrected chi connectivity index (χ3v) is 4.96. The minimum atomic E-state index is -4.65. The summed E-state index contributed by atoms with van der Waals surface area (Å²) in [6.07, 6.45) is 0. The number of hydrogen-bond acceptors (Lipinski definition) is 3. The van der Waals surface area contributed by atoms with Gasteiger partial charge in [0.05, 0.1) is 0 Å². The van der Waals surface area contributed by atoms with Crippen LogP contribution in [0.1, 0.15) is 11.3 Å². The summed E-state index contributed by atoms with van der Waals surface area (Å²) in [5, 5.41) is 0. The molecule has 3 N–H and O–H groups in total. The average molecular weight is 294 g/mol. The predicted octanol–water partition coefficient (Wildman–Crippen LogP) is 0.259. The molecule has 1 rings (SSSR count). The third-order valence-electron chi connectivity index (χ3n) is 2.19. The van der Waals surface area contributed by atoms with E-state index >= 15 is 0 Å². The zero-order chi connectivity index (χ0) is 14.0. The van der Waals surface area contributed by atoms with Crippen molar-refractivity contribution in [1.82, 2.24) is 9.03 Å². The molecule has 0 bridgehead atoms. The van der Waals surface area contributed by atoms with Crippen LogP contribution in [-0.4, -0.2) is 36.6 Å². The molecule has 0 saturated carbocycles. The smallest absolute Gasteiger partial charge is 0.323 e. The lowest BCUT2D eigenvalue weighted by atomic mass is 10.2. The lowest BCUT2D eigenvalue weighted by Gasteiger charge is -2.22. The summed E-state index contributed by atoms with van der Waals surface area (Å²) < 4.78 is 37.5. The molecule has 0 heterocycles. The molecule has 0 radical (unpaired) electrons. The molecule has 1 atom stereocenters. The average Bonchev–Trinajstić information content (AvgIpc) is 2.25. The van der Waals surface area contributed by atoms with Gasteiger partial charge in [-0.25, -0.2) is 0 Å². The minimum Gasteiger partial charge on any atom is -0.323 e. The van der Waals surface area contributed by atoms with Crippen LogP contribution in [-0.2, 0) is 14.8 Å². The van der Waals surface area contributed by atoms with Gasteiger partial charge in [0.25, 0.3) is 10.2 Å². The topological polar surface area (TPSA) is 107 Å². The van der Waals surface area contributed by atoms with Crippen LogP contribution in [0.2, 0.25) is 0 Å². The third kappa shape index (κ3) is 3.88. The molecule has 0 saturated heterocycles. The van der Waals surface area contributed by atoms with Crippen molar-refractivity contribution in [3.05, 3.63) is 35.9 Å². The number of hydrogen-bond donors (Lipinski definition) is 3. The van der Waals surface area contributed by atoms with E-state index in [-0.39, 0.29) is 5.56 Å². The second-order valence-corrected chi connectivity index (χ2v) is 7.42. The van der Waals surface area contributed by atoms with Gasteiger partial charge in [-0.2, -0.15) is 17.4 Å². The highest BCUT2D eigenvalue weighted by Crippen LogP contribution is 2.50. The molecular formula is C9H15N2O5PS. The molecule has 102 valence electrons. The van der Waals surface area contributed by atoms with Gasteiger partial charge in [-0.1, -0.05) is 30.3 Å². The van der Waals surface area contributed by atoms with E-state index in [0.29, 0.717) is 0 Å². The molecule has 18 heavy (non-hydrogen) atoms. The Morgan fingerprint density at radius 1 is 1.22 bits per heavy atom. The van der Waals surface area contributed by atoms with Gasteiger partial charge in [-0.15, -0.1) is 0 Å². The van der Waals surface area contributed by atoms with Crippen LogP contribution in [0.5, 0.6) is 0 Å². The van der Waals surface area contributed by atoms with Gasteiger partial charge in [0, 0.05) is 14.1 Å². The maximum atomic E-state index is 11.6. The van der Waals surface area contributed by atoms with Crippen LogP contribution in [0.15, 0.2) is 30.3 Å². The Bertz CT molecular complexity index is 539. The van der Waals surface area contributed by atoms with Crippen LogP contribution in [0.25, 0.3) is 0 Å². The summed E-state index contributed by atoms with van der Waals surface area (Å²) >= 11 is 0. The van der Waals surface area contributed by atoms with Gasteiger partial charge in [0.1, 0.15) is 5.78 Å². The number of rotatable bonds is 5. The molecule has 0 aliphatic carbocycles. The molecule has 0 spiro atoms. The largest absolute Gasteiger partial charge is 0.347 e. The quantitative estimate of drug-likeness (QED) is 0.675. The minimum absolute atomic E-state index is 0.205. The predicted molar refractivity (Wildman–Crippen MR) is 67.0 cm³/mol. The van der Waals surface area contributed by atoms with Crippen LogP contribution < -0.4 is 4.72 Å². The summed E-state index contributed by atoms with van der Waals surface area (Å²) in [4.78, 5) is 18.5. The number of nitrogens with zero attached hydrogens (tertiary/aromatic N) is 1. The maximum Gasteiger partial charge on any atom is 0.347 e. The lowest BCUT2D eigenvalue weighted by Crippen LogP contribution is -2.38. The van der Waals surface area contributed by atoms with Gasteiger partial charge >= 0.3 is 7.60 Å². The standard InChI is InChI=1S/C9H15N2O5PS/c1-11(2)18(15,16)10-9(17(12,13)14)8-6-4-3-5-7-8/h3-7,9-10H,1-2H3,(H2,12,13,14). The molecule has 0 fully saturated rings. The number of benzene rings is 1. The van der Waals surface area contributed by atoms with E-state index < -0.39 is 23.6 Å². The molecule has 7 nitrogen and oxygen atoms in total. The van der Waals surface area contributed by atoms with Crippen LogP contribution >= 0.6 is 7.60 Å². The van der Waals surface area contributed by atoms with Crippen molar-refractivity contribution in [3.8, 4) is 0 Å². The Morgan fingerprint density at radius 2 is 1.72 bits per heavy atom. The van der Waals surface area contributed by atoms with Gasteiger partial charge < -0.3 is 9.79 Å². The Hall–Kier alpha value is -0.760. The fourth-order valence-electron chi connectivity index (χ4n) is 1.21. The summed E-state index contributed by atoms with van der Waals surface area (Å²) in [7, 11) is -6.05. The molecule has 1 unspecified atom stereocenters. The van der Waals surface area contributed by atoms with Crippen LogP contribution in [0, 0.1) is 0 Å². The first-order valence-corrected chi connectivity index (χ1v) is 8.06. The van der Waals surface area contributed by atoms with Crippen molar-refractivity contribution in [1.29, 1.82) is 0 Å². The van der Waals surface area contributed by atoms with Gasteiger partial charge in [0.2, 0.25) is 0 Å². The molecule has 1 aromatic rings. The molecule has 0 amide bonds. The number of nitrogens with one attached hydrogen (secondary N) is 1. The van der Waals surface area contributed by atoms with E-state index in [1.54, 1.807) is 18.2 Å². The first-order valence-electron chi connectivity index (χ1n) is 4.94. The van der Waals surface area contributed by atoms with E-state index in [4.69, 9.17) is 0 Å². The van der Waals surface area contributed by atoms with Gasteiger partial charge in [-0.3, -0.25) is 4.57 Å². The fraction of sp³-hybridized carbons (Fsp3) is 0.333. The Labute approximate surface area is 106 Å². The first kappa shape index (κ1) is 15.3. The molecular weight excluding hydrogens is 279 g/mol. The highest BCUT2D eigenvalue weighted by Gasteiger charge is 2.34. The molecule has 0 aliphatic heterocycles. The van der Waals surface area contributed by atoms with E-state index in [2.05, 4.69) is 0 Å². The lowest BCUT2D eigenvalue weighted by molar-refractivity contribution is 0.353. The van der Waals surface area contributed by atoms with Crippen molar-refractivity contribution >= 4 is 17.8 Å². The zero-order valence-corrected chi connectivity index (χ0v) is 11.6. The summed E-state index contributed by atoms with van der Waals surface area (Å²) in [6, 6.07) is 7.70. The maximum absolute atomic E-state index is 11.6. The highest BCUT2D eigenvalue weighted by atomic mass is 32.2. The SMILES string of the molecule is CN(C)S(=O)(=O)NC(c1ccccc1)P(=O)(O)O. The first-order chi connectivity index (χ1) is 8.14.